The number of aromatic nitrogens is 2. The zero-order valence-corrected chi connectivity index (χ0v) is 14.5. The monoisotopic (exact) mass is 363 g/mol. The predicted molar refractivity (Wildman–Crippen MR) is 89.2 cm³/mol. The minimum atomic E-state index is -2.74. The smallest absolute Gasteiger partial charge is 0.335 e. The van der Waals surface area contributed by atoms with E-state index in [-0.39, 0.29) is 23.6 Å². The summed E-state index contributed by atoms with van der Waals surface area (Å²) >= 11 is 0. The zero-order chi connectivity index (χ0) is 19.0. The third kappa shape index (κ3) is 3.31. The van der Waals surface area contributed by atoms with Gasteiger partial charge < -0.3 is 10.0 Å². The van der Waals surface area contributed by atoms with Crippen molar-refractivity contribution in [2.24, 2.45) is 0 Å². The molecule has 0 fully saturated rings. The van der Waals surface area contributed by atoms with Crippen molar-refractivity contribution >= 4 is 11.9 Å². The molecule has 1 aromatic carbocycles. The Morgan fingerprint density at radius 1 is 1.27 bits per heavy atom. The summed E-state index contributed by atoms with van der Waals surface area (Å²) in [5.74, 6) is -1.20. The average molecular weight is 363 g/mol. The summed E-state index contributed by atoms with van der Waals surface area (Å²) < 4.78 is 26.5. The number of carbonyl (C=O) groups is 2. The van der Waals surface area contributed by atoms with E-state index in [1.807, 2.05) is 0 Å². The molecular weight excluding hydrogens is 344 g/mol. The number of benzene rings is 1. The van der Waals surface area contributed by atoms with Gasteiger partial charge in [0.15, 0.2) is 0 Å². The molecule has 1 amide bonds. The van der Waals surface area contributed by atoms with Crippen molar-refractivity contribution in [3.63, 3.8) is 0 Å². The third-order valence-corrected chi connectivity index (χ3v) is 4.81. The molecule has 2 aromatic rings. The molecule has 1 aromatic heterocycles. The van der Waals surface area contributed by atoms with Gasteiger partial charge in [-0.3, -0.25) is 4.79 Å². The lowest BCUT2D eigenvalue weighted by Crippen LogP contribution is -2.37. The standard InChI is InChI=1S/C18H19F2N3O3/c1-10-15(11(2)23(21-10)18(19)20)8-16(24)22-6-5-12-3-4-13(17(25)26)7-14(12)9-22/h3-4,7,18H,5-6,8-9H2,1-2H3,(H,25,26). The minimum absolute atomic E-state index is 0.00165. The number of aromatic carboxylic acids is 1. The molecule has 3 rings (SSSR count). The maximum Gasteiger partial charge on any atom is 0.335 e. The van der Waals surface area contributed by atoms with Crippen LogP contribution in [0.4, 0.5) is 8.78 Å². The fraction of sp³-hybridized carbons (Fsp3) is 0.389. The number of hydrogen-bond donors (Lipinski definition) is 1. The molecular formula is C18H19F2N3O3. The van der Waals surface area contributed by atoms with Crippen molar-refractivity contribution in [3.8, 4) is 0 Å². The lowest BCUT2D eigenvalue weighted by molar-refractivity contribution is -0.131. The first kappa shape index (κ1) is 18.0. The Kier molecular flexibility index (Phi) is 4.76. The number of halogens is 2. The number of carboxylic acid groups (broad SMARTS) is 1. The van der Waals surface area contributed by atoms with E-state index in [0.29, 0.717) is 35.4 Å². The van der Waals surface area contributed by atoms with Crippen LogP contribution >= 0.6 is 0 Å². The van der Waals surface area contributed by atoms with Gasteiger partial charge in [-0.05, 0) is 43.5 Å². The van der Waals surface area contributed by atoms with Crippen LogP contribution in [0.2, 0.25) is 0 Å². The Balaban J connectivity index is 1.78. The molecule has 0 saturated carbocycles. The van der Waals surface area contributed by atoms with E-state index < -0.39 is 12.5 Å². The summed E-state index contributed by atoms with van der Waals surface area (Å²) in [7, 11) is 0. The number of nitrogens with zero attached hydrogens (tertiary/aromatic N) is 3. The van der Waals surface area contributed by atoms with E-state index in [9.17, 15) is 18.4 Å². The van der Waals surface area contributed by atoms with Gasteiger partial charge >= 0.3 is 12.5 Å². The number of aryl methyl sites for hydroxylation is 1. The summed E-state index contributed by atoms with van der Waals surface area (Å²) in [6, 6.07) is 4.92. The van der Waals surface area contributed by atoms with Crippen LogP contribution in [0, 0.1) is 13.8 Å². The second kappa shape index (κ2) is 6.86. The maximum atomic E-state index is 12.9. The number of carboxylic acids is 1. The molecule has 0 bridgehead atoms. The van der Waals surface area contributed by atoms with Crippen molar-refractivity contribution < 1.29 is 23.5 Å². The highest BCUT2D eigenvalue weighted by atomic mass is 19.3. The lowest BCUT2D eigenvalue weighted by atomic mass is 9.97. The van der Waals surface area contributed by atoms with E-state index >= 15 is 0 Å². The Bertz CT molecular complexity index is 877. The number of rotatable bonds is 4. The lowest BCUT2D eigenvalue weighted by Gasteiger charge is -2.29. The number of fused-ring (bicyclic) bond motifs is 1. The molecule has 138 valence electrons. The SMILES string of the molecule is Cc1nn(C(F)F)c(C)c1CC(=O)N1CCc2ccc(C(=O)O)cc2C1. The first-order valence-electron chi connectivity index (χ1n) is 8.23. The highest BCUT2D eigenvalue weighted by Gasteiger charge is 2.25. The second-order valence-corrected chi connectivity index (χ2v) is 6.40. The van der Waals surface area contributed by atoms with Gasteiger partial charge in [-0.15, -0.1) is 0 Å². The minimum Gasteiger partial charge on any atom is -0.478 e. The topological polar surface area (TPSA) is 75.4 Å². The molecule has 0 aliphatic carbocycles. The summed E-state index contributed by atoms with van der Waals surface area (Å²) in [4.78, 5) is 25.4. The van der Waals surface area contributed by atoms with Gasteiger partial charge in [0, 0.05) is 24.3 Å². The van der Waals surface area contributed by atoms with E-state index in [0.717, 1.165) is 11.1 Å². The van der Waals surface area contributed by atoms with Gasteiger partial charge in [0.1, 0.15) is 0 Å². The summed E-state index contributed by atoms with van der Waals surface area (Å²) in [5.41, 5.74) is 3.24. The first-order chi connectivity index (χ1) is 12.3. The molecule has 8 heteroatoms. The average Bonchev–Trinajstić information content (AvgIpc) is 2.89. The quantitative estimate of drug-likeness (QED) is 0.906. The fourth-order valence-corrected chi connectivity index (χ4v) is 3.31. The van der Waals surface area contributed by atoms with Crippen molar-refractivity contribution in [1.82, 2.24) is 14.7 Å². The first-order valence-corrected chi connectivity index (χ1v) is 8.23. The van der Waals surface area contributed by atoms with Crippen molar-refractivity contribution in [3.05, 3.63) is 51.8 Å². The van der Waals surface area contributed by atoms with E-state index in [4.69, 9.17) is 5.11 Å². The molecule has 0 unspecified atom stereocenters. The molecule has 0 radical (unpaired) electrons. The van der Waals surface area contributed by atoms with Gasteiger partial charge in [-0.25, -0.2) is 9.48 Å². The van der Waals surface area contributed by atoms with Crippen LogP contribution in [-0.4, -0.2) is 38.2 Å². The normalized spacial score (nSPS) is 13.8. The van der Waals surface area contributed by atoms with Gasteiger partial charge in [-0.2, -0.15) is 13.9 Å². The van der Waals surface area contributed by atoms with Gasteiger partial charge in [0.2, 0.25) is 5.91 Å². The van der Waals surface area contributed by atoms with Crippen LogP contribution in [0.15, 0.2) is 18.2 Å². The van der Waals surface area contributed by atoms with Crippen molar-refractivity contribution in [2.75, 3.05) is 6.54 Å². The summed E-state index contributed by atoms with van der Waals surface area (Å²) in [5, 5.41) is 12.9. The Morgan fingerprint density at radius 2 is 2.00 bits per heavy atom. The van der Waals surface area contributed by atoms with Crippen LogP contribution in [0.1, 0.15) is 45.0 Å². The second-order valence-electron chi connectivity index (χ2n) is 6.40. The fourth-order valence-electron chi connectivity index (χ4n) is 3.31. The molecule has 1 aliphatic heterocycles. The molecule has 2 heterocycles. The zero-order valence-electron chi connectivity index (χ0n) is 14.5. The molecule has 1 aliphatic rings. The van der Waals surface area contributed by atoms with Crippen LogP contribution in [0.5, 0.6) is 0 Å². The predicted octanol–water partition coefficient (Wildman–Crippen LogP) is 2.72. The highest BCUT2D eigenvalue weighted by molar-refractivity contribution is 5.88. The molecule has 1 N–H and O–H groups in total. The van der Waals surface area contributed by atoms with Crippen molar-refractivity contribution in [2.45, 2.75) is 39.8 Å². The van der Waals surface area contributed by atoms with E-state index in [2.05, 4.69) is 5.10 Å². The number of alkyl halides is 2. The van der Waals surface area contributed by atoms with Gasteiger partial charge in [0.05, 0.1) is 17.7 Å². The van der Waals surface area contributed by atoms with Crippen LogP contribution < -0.4 is 0 Å². The Hall–Kier alpha value is -2.77. The molecule has 6 nitrogen and oxygen atoms in total. The van der Waals surface area contributed by atoms with Gasteiger partial charge in [-0.1, -0.05) is 6.07 Å². The number of carbonyl (C=O) groups excluding carboxylic acids is 1. The molecule has 0 spiro atoms. The maximum absolute atomic E-state index is 12.9. The van der Waals surface area contributed by atoms with Crippen LogP contribution in [-0.2, 0) is 24.2 Å². The third-order valence-electron chi connectivity index (χ3n) is 4.81. The Morgan fingerprint density at radius 3 is 2.62 bits per heavy atom. The highest BCUT2D eigenvalue weighted by Crippen LogP contribution is 2.24. The van der Waals surface area contributed by atoms with Crippen LogP contribution in [0.3, 0.4) is 0 Å². The number of amides is 1. The van der Waals surface area contributed by atoms with Crippen LogP contribution in [0.25, 0.3) is 0 Å². The van der Waals surface area contributed by atoms with Crippen molar-refractivity contribution in [1.29, 1.82) is 0 Å². The molecule has 0 atom stereocenters. The summed E-state index contributed by atoms with van der Waals surface area (Å²) in [6.45, 7) is 1.22. The van der Waals surface area contributed by atoms with Gasteiger partial charge in [0.25, 0.3) is 0 Å². The summed E-state index contributed by atoms with van der Waals surface area (Å²) in [6.07, 6.45) is 0.633. The van der Waals surface area contributed by atoms with E-state index in [1.54, 1.807) is 30.0 Å². The largest absolute Gasteiger partial charge is 0.478 e. The molecule has 26 heavy (non-hydrogen) atoms. The molecule has 0 saturated heterocycles. The van der Waals surface area contributed by atoms with E-state index in [1.165, 1.54) is 6.92 Å². The number of hydrogen-bond acceptors (Lipinski definition) is 3. The Labute approximate surface area is 149 Å².